The lowest BCUT2D eigenvalue weighted by Gasteiger charge is -2.17. The third kappa shape index (κ3) is 2.63. The SMILES string of the molecule is CN(C(=O)C(=S)c1ccccc1)c1ccccc1. The molecule has 2 nitrogen and oxygen atoms in total. The number of benzene rings is 2. The molecule has 1 amide bonds. The summed E-state index contributed by atoms with van der Waals surface area (Å²) in [5, 5.41) is 0. The molecular weight excluding hydrogens is 242 g/mol. The van der Waals surface area contributed by atoms with Gasteiger partial charge in [-0.3, -0.25) is 4.79 Å². The predicted molar refractivity (Wildman–Crippen MR) is 78.0 cm³/mol. The summed E-state index contributed by atoms with van der Waals surface area (Å²) in [7, 11) is 1.73. The molecule has 90 valence electrons. The number of nitrogens with zero attached hydrogens (tertiary/aromatic N) is 1. The Labute approximate surface area is 112 Å². The molecule has 18 heavy (non-hydrogen) atoms. The fourth-order valence-electron chi connectivity index (χ4n) is 1.63. The zero-order valence-electron chi connectivity index (χ0n) is 10.0. The van der Waals surface area contributed by atoms with Crippen LogP contribution in [-0.4, -0.2) is 17.8 Å². The standard InChI is InChI=1S/C15H13NOS/c1-16(13-10-6-3-7-11-13)15(17)14(18)12-8-4-2-5-9-12/h2-11H,1H3. The average Bonchev–Trinajstić information content (AvgIpc) is 2.47. The number of amides is 1. The number of hydrogen-bond donors (Lipinski definition) is 0. The summed E-state index contributed by atoms with van der Waals surface area (Å²) in [5.41, 5.74) is 1.61. The van der Waals surface area contributed by atoms with Crippen LogP contribution < -0.4 is 4.90 Å². The number of carbonyl (C=O) groups excluding carboxylic acids is 1. The van der Waals surface area contributed by atoms with Gasteiger partial charge in [0.25, 0.3) is 5.91 Å². The lowest BCUT2D eigenvalue weighted by molar-refractivity contribution is -0.112. The normalized spacial score (nSPS) is 9.83. The van der Waals surface area contributed by atoms with Gasteiger partial charge in [0, 0.05) is 12.7 Å². The van der Waals surface area contributed by atoms with Crippen LogP contribution in [0.2, 0.25) is 0 Å². The second kappa shape index (κ2) is 5.56. The van der Waals surface area contributed by atoms with Crippen LogP contribution in [0.5, 0.6) is 0 Å². The molecule has 0 spiro atoms. The van der Waals surface area contributed by atoms with Crippen molar-refractivity contribution in [1.82, 2.24) is 0 Å². The Hall–Kier alpha value is -2.00. The zero-order chi connectivity index (χ0) is 13.0. The maximum absolute atomic E-state index is 12.2. The highest BCUT2D eigenvalue weighted by Gasteiger charge is 2.17. The van der Waals surface area contributed by atoms with E-state index in [4.69, 9.17) is 12.2 Å². The second-order valence-electron chi connectivity index (χ2n) is 3.89. The predicted octanol–water partition coefficient (Wildman–Crippen LogP) is 3.07. The van der Waals surface area contributed by atoms with E-state index >= 15 is 0 Å². The monoisotopic (exact) mass is 255 g/mol. The molecule has 0 atom stereocenters. The number of carbonyl (C=O) groups is 1. The fourth-order valence-corrected chi connectivity index (χ4v) is 1.91. The van der Waals surface area contributed by atoms with E-state index in [0.29, 0.717) is 4.86 Å². The van der Waals surface area contributed by atoms with Crippen molar-refractivity contribution in [3.63, 3.8) is 0 Å². The van der Waals surface area contributed by atoms with Gasteiger partial charge >= 0.3 is 0 Å². The van der Waals surface area contributed by atoms with Crippen molar-refractivity contribution in [3.8, 4) is 0 Å². The molecule has 0 unspecified atom stereocenters. The van der Waals surface area contributed by atoms with Crippen LogP contribution in [0, 0.1) is 0 Å². The molecule has 0 aliphatic heterocycles. The van der Waals surface area contributed by atoms with Crippen molar-refractivity contribution in [1.29, 1.82) is 0 Å². The molecule has 0 radical (unpaired) electrons. The van der Waals surface area contributed by atoms with E-state index in [2.05, 4.69) is 0 Å². The zero-order valence-corrected chi connectivity index (χ0v) is 10.9. The molecule has 0 fully saturated rings. The van der Waals surface area contributed by atoms with Crippen LogP contribution in [0.1, 0.15) is 5.56 Å². The first-order chi connectivity index (χ1) is 8.70. The first-order valence-electron chi connectivity index (χ1n) is 5.62. The summed E-state index contributed by atoms with van der Waals surface area (Å²) in [4.78, 5) is 14.1. The van der Waals surface area contributed by atoms with E-state index in [-0.39, 0.29) is 5.91 Å². The van der Waals surface area contributed by atoms with Crippen LogP contribution in [0.4, 0.5) is 5.69 Å². The summed E-state index contributed by atoms with van der Waals surface area (Å²) in [5.74, 6) is -0.164. The van der Waals surface area contributed by atoms with Gasteiger partial charge in [-0.25, -0.2) is 0 Å². The summed E-state index contributed by atoms with van der Waals surface area (Å²) in [6.45, 7) is 0. The van der Waals surface area contributed by atoms with Gasteiger partial charge in [0.1, 0.15) is 4.86 Å². The van der Waals surface area contributed by atoms with Crippen molar-refractivity contribution < 1.29 is 4.79 Å². The van der Waals surface area contributed by atoms with Crippen molar-refractivity contribution in [2.24, 2.45) is 0 Å². The van der Waals surface area contributed by atoms with Crippen LogP contribution in [0.25, 0.3) is 0 Å². The Morgan fingerprint density at radius 3 is 2.00 bits per heavy atom. The van der Waals surface area contributed by atoms with Gasteiger partial charge in [-0.15, -0.1) is 0 Å². The van der Waals surface area contributed by atoms with Gasteiger partial charge in [-0.05, 0) is 17.7 Å². The van der Waals surface area contributed by atoms with E-state index in [1.807, 2.05) is 60.7 Å². The van der Waals surface area contributed by atoms with Crippen LogP contribution in [0.15, 0.2) is 60.7 Å². The van der Waals surface area contributed by atoms with Gasteiger partial charge in [0.05, 0.1) is 0 Å². The minimum atomic E-state index is -0.164. The van der Waals surface area contributed by atoms with Gasteiger partial charge in [-0.2, -0.15) is 0 Å². The summed E-state index contributed by atoms with van der Waals surface area (Å²) in [6, 6.07) is 18.8. The van der Waals surface area contributed by atoms with E-state index in [0.717, 1.165) is 11.3 Å². The lowest BCUT2D eigenvalue weighted by atomic mass is 10.1. The van der Waals surface area contributed by atoms with Gasteiger partial charge in [0.2, 0.25) is 0 Å². The molecule has 0 bridgehead atoms. The highest BCUT2D eigenvalue weighted by molar-refractivity contribution is 7.82. The number of para-hydroxylation sites is 1. The molecule has 0 aromatic heterocycles. The molecule has 0 aliphatic rings. The molecule has 2 rings (SSSR count). The smallest absolute Gasteiger partial charge is 0.269 e. The topological polar surface area (TPSA) is 20.3 Å². The molecule has 0 aliphatic carbocycles. The van der Waals surface area contributed by atoms with Crippen molar-refractivity contribution in [3.05, 3.63) is 66.2 Å². The van der Waals surface area contributed by atoms with E-state index in [9.17, 15) is 4.79 Å². The van der Waals surface area contributed by atoms with E-state index in [1.54, 1.807) is 11.9 Å². The molecule has 0 saturated heterocycles. The lowest BCUT2D eigenvalue weighted by Crippen LogP contribution is -2.32. The molecular formula is C15H13NOS. The summed E-state index contributed by atoms with van der Waals surface area (Å²) >= 11 is 5.23. The van der Waals surface area contributed by atoms with Crippen molar-refractivity contribution in [2.45, 2.75) is 0 Å². The Kier molecular flexibility index (Phi) is 3.85. The number of likely N-dealkylation sites (N-methyl/N-ethyl adjacent to an activating group) is 1. The van der Waals surface area contributed by atoms with Gasteiger partial charge < -0.3 is 4.90 Å². The molecule has 3 heteroatoms. The largest absolute Gasteiger partial charge is 0.311 e. The molecule has 2 aromatic rings. The van der Waals surface area contributed by atoms with Crippen LogP contribution in [0.3, 0.4) is 0 Å². The Bertz CT molecular complexity index is 551. The van der Waals surface area contributed by atoms with Gasteiger partial charge in [0.15, 0.2) is 0 Å². The average molecular weight is 255 g/mol. The summed E-state index contributed by atoms with van der Waals surface area (Å²) in [6.07, 6.45) is 0. The Morgan fingerprint density at radius 1 is 0.944 bits per heavy atom. The Balaban J connectivity index is 2.20. The first-order valence-corrected chi connectivity index (χ1v) is 6.03. The minimum Gasteiger partial charge on any atom is -0.311 e. The second-order valence-corrected chi connectivity index (χ2v) is 4.30. The van der Waals surface area contributed by atoms with Gasteiger partial charge in [-0.1, -0.05) is 60.7 Å². The highest BCUT2D eigenvalue weighted by Crippen LogP contribution is 2.13. The number of rotatable bonds is 3. The first kappa shape index (κ1) is 12.5. The number of hydrogen-bond acceptors (Lipinski definition) is 2. The third-order valence-electron chi connectivity index (χ3n) is 2.68. The minimum absolute atomic E-state index is 0.164. The van der Waals surface area contributed by atoms with Crippen molar-refractivity contribution >= 4 is 28.7 Å². The third-order valence-corrected chi connectivity index (χ3v) is 3.09. The molecule has 0 saturated carbocycles. The quantitative estimate of drug-likeness (QED) is 0.620. The van der Waals surface area contributed by atoms with E-state index in [1.165, 1.54) is 0 Å². The summed E-state index contributed by atoms with van der Waals surface area (Å²) < 4.78 is 0. The molecule has 0 N–H and O–H groups in total. The van der Waals surface area contributed by atoms with Crippen molar-refractivity contribution in [2.75, 3.05) is 11.9 Å². The fraction of sp³-hybridized carbons (Fsp3) is 0.0667. The molecule has 2 aromatic carbocycles. The Morgan fingerprint density at radius 2 is 1.44 bits per heavy atom. The van der Waals surface area contributed by atoms with E-state index < -0.39 is 0 Å². The van der Waals surface area contributed by atoms with Crippen LogP contribution >= 0.6 is 12.2 Å². The molecule has 0 heterocycles. The number of thiocarbonyl (C=S) groups is 1. The number of anilines is 1. The maximum atomic E-state index is 12.2. The maximum Gasteiger partial charge on any atom is 0.269 e. The highest BCUT2D eigenvalue weighted by atomic mass is 32.1. The van der Waals surface area contributed by atoms with Crippen LogP contribution in [-0.2, 0) is 4.79 Å².